The van der Waals surface area contributed by atoms with E-state index in [-0.39, 0.29) is 12.0 Å². The smallest absolute Gasteiger partial charge is 0.324 e. The molecule has 4 heteroatoms. The van der Waals surface area contributed by atoms with Gasteiger partial charge in [0.1, 0.15) is 6.04 Å². The molecule has 0 aromatic rings. The van der Waals surface area contributed by atoms with E-state index in [1.165, 1.54) is 20.0 Å². The van der Waals surface area contributed by atoms with Crippen molar-refractivity contribution < 1.29 is 9.53 Å². The molecule has 106 valence electrons. The maximum Gasteiger partial charge on any atom is 0.324 e. The SMILES string of the molecule is CCCNC(CN1CCCC(C)C1C)C(=O)OC. The number of nitrogens with zero attached hydrogens (tertiary/aromatic N) is 1. The predicted molar refractivity (Wildman–Crippen MR) is 73.5 cm³/mol. The molecule has 1 heterocycles. The Labute approximate surface area is 111 Å². The Hall–Kier alpha value is -0.610. The zero-order chi connectivity index (χ0) is 13.5. The number of hydrogen-bond donors (Lipinski definition) is 1. The van der Waals surface area contributed by atoms with Crippen LogP contribution in [0.1, 0.15) is 40.0 Å². The molecule has 0 aliphatic carbocycles. The van der Waals surface area contributed by atoms with Gasteiger partial charge in [0.05, 0.1) is 7.11 Å². The van der Waals surface area contributed by atoms with Crippen molar-refractivity contribution in [1.82, 2.24) is 10.2 Å². The first-order valence-electron chi connectivity index (χ1n) is 7.15. The van der Waals surface area contributed by atoms with Gasteiger partial charge in [-0.2, -0.15) is 0 Å². The van der Waals surface area contributed by atoms with Crippen LogP contribution >= 0.6 is 0 Å². The highest BCUT2D eigenvalue weighted by Gasteiger charge is 2.29. The van der Waals surface area contributed by atoms with Gasteiger partial charge in [-0.25, -0.2) is 0 Å². The van der Waals surface area contributed by atoms with Gasteiger partial charge in [0.15, 0.2) is 0 Å². The summed E-state index contributed by atoms with van der Waals surface area (Å²) in [4.78, 5) is 14.2. The summed E-state index contributed by atoms with van der Waals surface area (Å²) in [6.45, 7) is 9.37. The fourth-order valence-corrected chi connectivity index (χ4v) is 2.60. The van der Waals surface area contributed by atoms with Crippen molar-refractivity contribution in [3.63, 3.8) is 0 Å². The Morgan fingerprint density at radius 3 is 2.83 bits per heavy atom. The first kappa shape index (κ1) is 15.4. The van der Waals surface area contributed by atoms with Gasteiger partial charge in [-0.3, -0.25) is 9.69 Å². The number of piperidine rings is 1. The first-order chi connectivity index (χ1) is 8.60. The van der Waals surface area contributed by atoms with Crippen LogP contribution in [-0.2, 0) is 9.53 Å². The molecule has 1 N–H and O–H groups in total. The van der Waals surface area contributed by atoms with E-state index in [0.717, 1.165) is 26.1 Å². The summed E-state index contributed by atoms with van der Waals surface area (Å²) in [5.41, 5.74) is 0. The summed E-state index contributed by atoms with van der Waals surface area (Å²) in [5.74, 6) is 0.567. The lowest BCUT2D eigenvalue weighted by Gasteiger charge is -2.39. The Morgan fingerprint density at radius 1 is 1.50 bits per heavy atom. The fraction of sp³-hybridized carbons (Fsp3) is 0.929. The third-order valence-electron chi connectivity index (χ3n) is 4.05. The molecule has 1 rings (SSSR count). The van der Waals surface area contributed by atoms with Crippen LogP contribution in [-0.4, -0.2) is 49.7 Å². The van der Waals surface area contributed by atoms with Crippen LogP contribution in [0.5, 0.6) is 0 Å². The van der Waals surface area contributed by atoms with Gasteiger partial charge < -0.3 is 10.1 Å². The number of carbonyl (C=O) groups is 1. The van der Waals surface area contributed by atoms with Crippen LogP contribution in [0.2, 0.25) is 0 Å². The Bertz CT molecular complexity index is 258. The minimum atomic E-state index is -0.192. The minimum absolute atomic E-state index is 0.145. The molecule has 1 fully saturated rings. The zero-order valence-corrected chi connectivity index (χ0v) is 12.2. The zero-order valence-electron chi connectivity index (χ0n) is 12.2. The number of ether oxygens (including phenoxy) is 1. The van der Waals surface area contributed by atoms with Crippen molar-refractivity contribution in [2.45, 2.75) is 52.1 Å². The van der Waals surface area contributed by atoms with Crippen molar-refractivity contribution in [1.29, 1.82) is 0 Å². The van der Waals surface area contributed by atoms with Crippen LogP contribution in [0.25, 0.3) is 0 Å². The number of rotatable bonds is 6. The van der Waals surface area contributed by atoms with Crippen LogP contribution in [0.3, 0.4) is 0 Å². The monoisotopic (exact) mass is 256 g/mol. The van der Waals surface area contributed by atoms with E-state index in [1.807, 2.05) is 0 Å². The third-order valence-corrected chi connectivity index (χ3v) is 4.05. The summed E-state index contributed by atoms with van der Waals surface area (Å²) < 4.78 is 4.88. The molecule has 1 aliphatic rings. The molecule has 1 aliphatic heterocycles. The van der Waals surface area contributed by atoms with E-state index in [4.69, 9.17) is 4.74 Å². The van der Waals surface area contributed by atoms with E-state index >= 15 is 0 Å². The molecule has 0 bridgehead atoms. The van der Waals surface area contributed by atoms with E-state index in [0.29, 0.717) is 12.0 Å². The fourth-order valence-electron chi connectivity index (χ4n) is 2.60. The Morgan fingerprint density at radius 2 is 2.22 bits per heavy atom. The van der Waals surface area contributed by atoms with Gasteiger partial charge in [0, 0.05) is 12.6 Å². The molecular weight excluding hydrogens is 228 g/mol. The molecule has 0 saturated carbocycles. The van der Waals surface area contributed by atoms with E-state index < -0.39 is 0 Å². The molecule has 0 aromatic heterocycles. The van der Waals surface area contributed by atoms with Crippen molar-refractivity contribution in [2.24, 2.45) is 5.92 Å². The number of hydrogen-bond acceptors (Lipinski definition) is 4. The summed E-state index contributed by atoms with van der Waals surface area (Å²) in [6, 6.07) is 0.358. The highest BCUT2D eigenvalue weighted by molar-refractivity contribution is 5.75. The van der Waals surface area contributed by atoms with Crippen molar-refractivity contribution >= 4 is 5.97 Å². The standard InChI is InChI=1S/C14H28N2O2/c1-5-8-15-13(14(17)18-4)10-16-9-6-7-11(2)12(16)3/h11-13,15H,5-10H2,1-4H3. The second kappa shape index (κ2) is 7.74. The van der Waals surface area contributed by atoms with Gasteiger partial charge in [0.2, 0.25) is 0 Å². The second-order valence-corrected chi connectivity index (χ2v) is 5.38. The first-order valence-corrected chi connectivity index (χ1v) is 7.15. The number of likely N-dealkylation sites (tertiary alicyclic amines) is 1. The number of esters is 1. The summed E-state index contributed by atoms with van der Waals surface area (Å²) >= 11 is 0. The Balaban J connectivity index is 2.55. The predicted octanol–water partition coefficient (Wildman–Crippen LogP) is 1.65. The largest absolute Gasteiger partial charge is 0.468 e. The van der Waals surface area contributed by atoms with Gasteiger partial charge in [-0.05, 0) is 45.2 Å². The second-order valence-electron chi connectivity index (χ2n) is 5.38. The molecule has 1 saturated heterocycles. The molecule has 0 amide bonds. The molecule has 3 atom stereocenters. The topological polar surface area (TPSA) is 41.6 Å². The van der Waals surface area contributed by atoms with Gasteiger partial charge in [-0.15, -0.1) is 0 Å². The number of methoxy groups -OCH3 is 1. The van der Waals surface area contributed by atoms with Crippen molar-refractivity contribution in [2.75, 3.05) is 26.7 Å². The van der Waals surface area contributed by atoms with E-state index in [2.05, 4.69) is 31.0 Å². The lowest BCUT2D eigenvalue weighted by Crippen LogP contribution is -2.52. The van der Waals surface area contributed by atoms with E-state index in [1.54, 1.807) is 0 Å². The number of nitrogens with one attached hydrogen (secondary N) is 1. The van der Waals surface area contributed by atoms with Crippen molar-refractivity contribution in [3.05, 3.63) is 0 Å². The van der Waals surface area contributed by atoms with Gasteiger partial charge in [0.25, 0.3) is 0 Å². The van der Waals surface area contributed by atoms with Crippen LogP contribution in [0.15, 0.2) is 0 Å². The summed E-state index contributed by atoms with van der Waals surface area (Å²) in [6.07, 6.45) is 3.55. The average molecular weight is 256 g/mol. The molecule has 0 aromatic carbocycles. The lowest BCUT2D eigenvalue weighted by atomic mass is 9.92. The molecule has 0 radical (unpaired) electrons. The quantitative estimate of drug-likeness (QED) is 0.734. The van der Waals surface area contributed by atoms with Crippen LogP contribution < -0.4 is 5.32 Å². The maximum absolute atomic E-state index is 11.8. The average Bonchev–Trinajstić information content (AvgIpc) is 2.38. The molecular formula is C14H28N2O2. The van der Waals surface area contributed by atoms with Gasteiger partial charge in [-0.1, -0.05) is 13.8 Å². The minimum Gasteiger partial charge on any atom is -0.468 e. The maximum atomic E-state index is 11.8. The van der Waals surface area contributed by atoms with Crippen LogP contribution in [0, 0.1) is 5.92 Å². The van der Waals surface area contributed by atoms with Crippen molar-refractivity contribution in [3.8, 4) is 0 Å². The third kappa shape index (κ3) is 4.25. The molecule has 4 nitrogen and oxygen atoms in total. The normalized spacial score (nSPS) is 26.9. The number of carbonyl (C=O) groups excluding carboxylic acids is 1. The molecule has 18 heavy (non-hydrogen) atoms. The molecule has 0 spiro atoms. The van der Waals surface area contributed by atoms with Gasteiger partial charge >= 0.3 is 5.97 Å². The summed E-state index contributed by atoms with van der Waals surface area (Å²) in [7, 11) is 1.46. The Kier molecular flexibility index (Phi) is 6.65. The molecule has 3 unspecified atom stereocenters. The highest BCUT2D eigenvalue weighted by Crippen LogP contribution is 2.22. The highest BCUT2D eigenvalue weighted by atomic mass is 16.5. The lowest BCUT2D eigenvalue weighted by molar-refractivity contribution is -0.144. The van der Waals surface area contributed by atoms with Crippen LogP contribution in [0.4, 0.5) is 0 Å². The summed E-state index contributed by atoms with van der Waals surface area (Å²) in [5, 5.41) is 3.29. The van der Waals surface area contributed by atoms with E-state index in [9.17, 15) is 4.79 Å².